The van der Waals surface area contributed by atoms with Gasteiger partial charge in [-0.25, -0.2) is 0 Å². The molecule has 4 aliphatic carbocycles. The lowest BCUT2D eigenvalue weighted by Crippen LogP contribution is -2.48. The highest BCUT2D eigenvalue weighted by Crippen LogP contribution is 2.65. The summed E-state index contributed by atoms with van der Waals surface area (Å²) < 4.78 is 7.54. The highest BCUT2D eigenvalue weighted by Gasteiger charge is 2.56. The molecule has 1 aromatic heterocycles. The van der Waals surface area contributed by atoms with Gasteiger partial charge in [0.1, 0.15) is 5.69 Å². The van der Waals surface area contributed by atoms with E-state index >= 15 is 0 Å². The second-order valence-electron chi connectivity index (χ2n) is 11.3. The van der Waals surface area contributed by atoms with Crippen LogP contribution < -0.4 is 0 Å². The van der Waals surface area contributed by atoms with Gasteiger partial charge in [-0.1, -0.05) is 12.8 Å². The molecule has 0 aliphatic heterocycles. The van der Waals surface area contributed by atoms with E-state index < -0.39 is 0 Å². The summed E-state index contributed by atoms with van der Waals surface area (Å²) in [7, 11) is 1.88. The first-order valence-corrected chi connectivity index (χ1v) is 12.6. The molecule has 0 spiro atoms. The van der Waals surface area contributed by atoms with Gasteiger partial charge in [0, 0.05) is 20.3 Å². The molecular weight excluding hydrogens is 368 g/mol. The van der Waals surface area contributed by atoms with E-state index in [0.717, 1.165) is 60.3 Å². The molecule has 0 saturated heterocycles. The summed E-state index contributed by atoms with van der Waals surface area (Å²) in [6, 6.07) is 1.96. The van der Waals surface area contributed by atoms with E-state index in [4.69, 9.17) is 11.2 Å². The maximum absolute atomic E-state index is 5.65. The smallest absolute Gasteiger partial charge is 0.110 e. The van der Waals surface area contributed by atoms with Gasteiger partial charge in [-0.2, -0.15) is 5.10 Å². The van der Waals surface area contributed by atoms with Crippen molar-refractivity contribution < 1.29 is 4.74 Å². The first kappa shape index (κ1) is 20.6. The van der Waals surface area contributed by atoms with Crippen molar-refractivity contribution in [1.29, 1.82) is 0 Å². The van der Waals surface area contributed by atoms with Crippen LogP contribution in [-0.2, 0) is 11.3 Å². The average Bonchev–Trinajstić information content (AvgIpc) is 3.35. The van der Waals surface area contributed by atoms with E-state index in [-0.39, 0.29) is 0 Å². The molecule has 1 heterocycles. The molecule has 3 heteroatoms. The van der Waals surface area contributed by atoms with E-state index in [2.05, 4.69) is 17.9 Å². The molecule has 5 rings (SSSR count). The fourth-order valence-electron chi connectivity index (χ4n) is 8.83. The highest BCUT2D eigenvalue weighted by atomic mass is 16.5. The van der Waals surface area contributed by atoms with Gasteiger partial charge < -0.3 is 4.74 Å². The van der Waals surface area contributed by atoms with Gasteiger partial charge in [0.25, 0.3) is 0 Å². The van der Waals surface area contributed by atoms with Crippen LogP contribution in [0.2, 0.25) is 0 Å². The van der Waals surface area contributed by atoms with E-state index in [9.17, 15) is 0 Å². The lowest BCUT2D eigenvalue weighted by atomic mass is 9.49. The van der Waals surface area contributed by atoms with Crippen LogP contribution in [0.15, 0.2) is 12.3 Å². The van der Waals surface area contributed by atoms with Crippen molar-refractivity contribution in [3.05, 3.63) is 18.0 Å². The number of fused-ring (bicyclic) bond motifs is 5. The van der Waals surface area contributed by atoms with Gasteiger partial charge in [0.15, 0.2) is 0 Å². The van der Waals surface area contributed by atoms with Gasteiger partial charge in [-0.3, -0.25) is 4.68 Å². The minimum Gasteiger partial charge on any atom is -0.384 e. The molecule has 164 valence electrons. The second-order valence-corrected chi connectivity index (χ2v) is 11.3. The summed E-state index contributed by atoms with van der Waals surface area (Å²) in [6.07, 6.45) is 21.9. The van der Waals surface area contributed by atoms with E-state index in [1.165, 1.54) is 64.2 Å². The van der Waals surface area contributed by atoms with Crippen molar-refractivity contribution in [1.82, 2.24) is 9.78 Å². The number of hydrogen-bond donors (Lipinski definition) is 0. The molecular formula is C27H40N2O. The number of terminal acetylenes is 1. The van der Waals surface area contributed by atoms with Crippen LogP contribution in [0.1, 0.15) is 76.8 Å². The first-order chi connectivity index (χ1) is 14.6. The third-order valence-electron chi connectivity index (χ3n) is 10.2. The zero-order chi connectivity index (χ0) is 20.7. The molecule has 4 saturated carbocycles. The Kier molecular flexibility index (Phi) is 5.74. The highest BCUT2D eigenvalue weighted by molar-refractivity contribution is 5.23. The number of methoxy groups -OCH3 is 1. The SMILES string of the molecule is C#Cc1ccnn1CCC1CC[C@H]2C3CCC4C[C@@H](COC)CCC4[C@H]3CCC12C. The summed E-state index contributed by atoms with van der Waals surface area (Å²) in [4.78, 5) is 0. The zero-order valence-electron chi connectivity index (χ0n) is 19.1. The maximum atomic E-state index is 5.65. The minimum atomic E-state index is 0.546. The number of aryl methyl sites for hydroxylation is 1. The number of ether oxygens (including phenoxy) is 1. The molecule has 8 atom stereocenters. The third-order valence-corrected chi connectivity index (χ3v) is 10.2. The Hall–Kier alpha value is -1.27. The van der Waals surface area contributed by atoms with Crippen LogP contribution in [0.25, 0.3) is 0 Å². The third kappa shape index (κ3) is 3.44. The van der Waals surface area contributed by atoms with E-state index in [0.29, 0.717) is 5.41 Å². The standard InChI is InChI=1S/C27H40N2O/c1-4-22-12-15-28-29(22)16-13-21-7-10-26-25-9-6-20-17-19(18-30-3)5-8-23(20)24(25)11-14-27(21,26)2/h1,12,15,19-21,23-26H,5-11,13-14,16-18H2,2-3H3/t19-,20?,21?,23?,24+,25?,26-,27?/m0/s1. The molecule has 3 nitrogen and oxygen atoms in total. The number of aromatic nitrogens is 2. The summed E-state index contributed by atoms with van der Waals surface area (Å²) in [6.45, 7) is 4.62. The van der Waals surface area contributed by atoms with Gasteiger partial charge >= 0.3 is 0 Å². The van der Waals surface area contributed by atoms with Gasteiger partial charge in [-0.05, 0) is 117 Å². The fourth-order valence-corrected chi connectivity index (χ4v) is 8.83. The summed E-state index contributed by atoms with van der Waals surface area (Å²) >= 11 is 0. The number of hydrogen-bond acceptors (Lipinski definition) is 2. The van der Waals surface area contributed by atoms with Gasteiger partial charge in [-0.15, -0.1) is 6.42 Å². The molecule has 5 unspecified atom stereocenters. The lowest BCUT2D eigenvalue weighted by Gasteiger charge is -2.56. The largest absolute Gasteiger partial charge is 0.384 e. The minimum absolute atomic E-state index is 0.546. The Morgan fingerprint density at radius 2 is 2.00 bits per heavy atom. The van der Waals surface area contributed by atoms with Gasteiger partial charge in [0.05, 0.1) is 6.20 Å². The van der Waals surface area contributed by atoms with Crippen molar-refractivity contribution >= 4 is 0 Å². The molecule has 0 aromatic carbocycles. The average molecular weight is 409 g/mol. The van der Waals surface area contributed by atoms with Crippen molar-refractivity contribution in [2.75, 3.05) is 13.7 Å². The summed E-state index contributed by atoms with van der Waals surface area (Å²) in [5.74, 6) is 9.44. The first-order valence-electron chi connectivity index (χ1n) is 12.6. The number of nitrogens with zero attached hydrogens (tertiary/aromatic N) is 2. The second kappa shape index (κ2) is 8.34. The van der Waals surface area contributed by atoms with Gasteiger partial charge in [0.2, 0.25) is 0 Å². The van der Waals surface area contributed by atoms with Crippen molar-refractivity contribution in [3.8, 4) is 12.3 Å². The van der Waals surface area contributed by atoms with Crippen LogP contribution >= 0.6 is 0 Å². The zero-order valence-corrected chi connectivity index (χ0v) is 19.1. The Morgan fingerprint density at radius 1 is 1.13 bits per heavy atom. The lowest BCUT2D eigenvalue weighted by molar-refractivity contribution is -0.0727. The molecule has 4 aliphatic rings. The van der Waals surface area contributed by atoms with E-state index in [1.807, 2.05) is 24.1 Å². The molecule has 0 bridgehead atoms. The predicted molar refractivity (Wildman–Crippen MR) is 121 cm³/mol. The Balaban J connectivity index is 1.25. The van der Waals surface area contributed by atoms with Crippen LogP contribution in [0.5, 0.6) is 0 Å². The molecule has 0 radical (unpaired) electrons. The molecule has 0 N–H and O–H groups in total. The Morgan fingerprint density at radius 3 is 2.83 bits per heavy atom. The molecule has 1 aromatic rings. The van der Waals surface area contributed by atoms with Crippen LogP contribution in [-0.4, -0.2) is 23.5 Å². The Bertz CT molecular complexity index is 778. The topological polar surface area (TPSA) is 27.1 Å². The monoisotopic (exact) mass is 408 g/mol. The van der Waals surface area contributed by atoms with Crippen LogP contribution in [0, 0.1) is 59.2 Å². The molecule has 4 fully saturated rings. The van der Waals surface area contributed by atoms with E-state index in [1.54, 1.807) is 0 Å². The maximum Gasteiger partial charge on any atom is 0.110 e. The summed E-state index contributed by atoms with van der Waals surface area (Å²) in [5, 5.41) is 4.47. The molecule has 30 heavy (non-hydrogen) atoms. The quantitative estimate of drug-likeness (QED) is 0.577. The van der Waals surface area contributed by atoms with Crippen LogP contribution in [0.4, 0.5) is 0 Å². The predicted octanol–water partition coefficient (Wildman–Crippen LogP) is 5.79. The Labute approximate surface area is 183 Å². The number of rotatable bonds is 5. The van der Waals surface area contributed by atoms with Crippen LogP contribution in [0.3, 0.4) is 0 Å². The normalized spacial score (nSPS) is 42.8. The molecule has 0 amide bonds. The van der Waals surface area contributed by atoms with Crippen molar-refractivity contribution in [2.45, 2.75) is 77.7 Å². The van der Waals surface area contributed by atoms with Crippen molar-refractivity contribution in [3.63, 3.8) is 0 Å². The van der Waals surface area contributed by atoms with Crippen molar-refractivity contribution in [2.24, 2.45) is 46.8 Å². The fraction of sp³-hybridized carbons (Fsp3) is 0.815. The summed E-state index contributed by atoms with van der Waals surface area (Å²) in [5.41, 5.74) is 1.48.